The smallest absolute Gasteiger partial charge is 0.0791 e. The zero-order chi connectivity index (χ0) is 10.1. The molecule has 0 aliphatic carbocycles. The lowest BCUT2D eigenvalue weighted by molar-refractivity contribution is 0.0743. The maximum absolute atomic E-state index is 9.64. The van der Waals surface area contributed by atoms with Gasteiger partial charge in [0.25, 0.3) is 0 Å². The summed E-state index contributed by atoms with van der Waals surface area (Å²) in [6.45, 7) is 11.2. The molecule has 0 spiro atoms. The molecule has 0 aromatic heterocycles. The van der Waals surface area contributed by atoms with Gasteiger partial charge in [-0.15, -0.1) is 0 Å². The van der Waals surface area contributed by atoms with Crippen molar-refractivity contribution in [2.45, 2.75) is 45.4 Å². The van der Waals surface area contributed by atoms with Crippen LogP contribution in [0.5, 0.6) is 0 Å². The van der Waals surface area contributed by atoms with Crippen molar-refractivity contribution in [1.29, 1.82) is 0 Å². The fourth-order valence-corrected chi connectivity index (χ4v) is 1.67. The average molecular weight is 186 g/mol. The number of hydrogen-bond acceptors (Lipinski definition) is 3. The molecule has 1 saturated heterocycles. The number of rotatable bonds is 0. The van der Waals surface area contributed by atoms with Crippen molar-refractivity contribution in [1.82, 2.24) is 10.2 Å². The summed E-state index contributed by atoms with van der Waals surface area (Å²) < 4.78 is 0. The topological polar surface area (TPSA) is 35.5 Å². The minimum atomic E-state index is -0.232. The lowest BCUT2D eigenvalue weighted by atomic mass is 10.0. The van der Waals surface area contributed by atoms with Gasteiger partial charge in [-0.05, 0) is 27.7 Å². The molecule has 2 unspecified atom stereocenters. The highest BCUT2D eigenvalue weighted by atomic mass is 16.3. The molecule has 2 atom stereocenters. The first-order valence-electron chi connectivity index (χ1n) is 5.06. The van der Waals surface area contributed by atoms with Crippen LogP contribution in [0.1, 0.15) is 27.7 Å². The normalized spacial score (nSPS) is 33.0. The van der Waals surface area contributed by atoms with Gasteiger partial charge >= 0.3 is 0 Å². The second-order valence-corrected chi connectivity index (χ2v) is 5.04. The fourth-order valence-electron chi connectivity index (χ4n) is 1.67. The summed E-state index contributed by atoms with van der Waals surface area (Å²) in [6, 6.07) is 0.469. The predicted octanol–water partition coefficient (Wildman–Crippen LogP) is 0.439. The van der Waals surface area contributed by atoms with E-state index >= 15 is 0 Å². The third-order valence-electron chi connectivity index (χ3n) is 2.58. The van der Waals surface area contributed by atoms with E-state index in [2.05, 4.69) is 37.9 Å². The molecule has 0 amide bonds. The average Bonchev–Trinajstić information content (AvgIpc) is 2.12. The van der Waals surface area contributed by atoms with Crippen molar-refractivity contribution >= 4 is 0 Å². The molecule has 1 aliphatic heterocycles. The van der Waals surface area contributed by atoms with Gasteiger partial charge in [-0.3, -0.25) is 4.90 Å². The van der Waals surface area contributed by atoms with E-state index in [1.165, 1.54) is 0 Å². The monoisotopic (exact) mass is 186 g/mol. The second kappa shape index (κ2) is 3.95. The molecule has 0 radical (unpaired) electrons. The lowest BCUT2D eigenvalue weighted by Crippen LogP contribution is -2.47. The van der Waals surface area contributed by atoms with Gasteiger partial charge in [0.05, 0.1) is 6.10 Å². The van der Waals surface area contributed by atoms with Gasteiger partial charge in [0.1, 0.15) is 0 Å². The SMILES string of the molecule is CC1CN(C(C)(C)C)CC(O)CN1. The molecule has 1 rings (SSSR count). The van der Waals surface area contributed by atoms with Crippen LogP contribution in [0.15, 0.2) is 0 Å². The minimum absolute atomic E-state index is 0.154. The Morgan fingerprint density at radius 1 is 1.31 bits per heavy atom. The fraction of sp³-hybridized carbons (Fsp3) is 1.00. The third kappa shape index (κ3) is 3.25. The Bertz CT molecular complexity index is 153. The van der Waals surface area contributed by atoms with Crippen molar-refractivity contribution in [2.24, 2.45) is 0 Å². The van der Waals surface area contributed by atoms with Crippen molar-refractivity contribution in [2.75, 3.05) is 19.6 Å². The summed E-state index contributed by atoms with van der Waals surface area (Å²) in [4.78, 5) is 2.34. The molecular formula is C10H22N2O. The van der Waals surface area contributed by atoms with Crippen LogP contribution in [0, 0.1) is 0 Å². The maximum atomic E-state index is 9.64. The van der Waals surface area contributed by atoms with Crippen molar-refractivity contribution in [3.63, 3.8) is 0 Å². The highest BCUT2D eigenvalue weighted by Crippen LogP contribution is 2.15. The molecule has 1 aliphatic rings. The highest BCUT2D eigenvalue weighted by Gasteiger charge is 2.27. The van der Waals surface area contributed by atoms with Crippen LogP contribution < -0.4 is 5.32 Å². The second-order valence-electron chi connectivity index (χ2n) is 5.04. The Morgan fingerprint density at radius 2 is 1.92 bits per heavy atom. The van der Waals surface area contributed by atoms with Gasteiger partial charge in [-0.25, -0.2) is 0 Å². The molecule has 1 fully saturated rings. The summed E-state index contributed by atoms with van der Waals surface area (Å²) in [6.07, 6.45) is -0.232. The molecule has 2 N–H and O–H groups in total. The number of β-amino-alcohol motifs (C(OH)–C–C–N with tert-alkyl or cyclic N) is 1. The van der Waals surface area contributed by atoms with E-state index in [0.717, 1.165) is 13.1 Å². The third-order valence-corrected chi connectivity index (χ3v) is 2.58. The van der Waals surface area contributed by atoms with Gasteiger partial charge in [-0.1, -0.05) is 0 Å². The van der Waals surface area contributed by atoms with Crippen LogP contribution in [0.3, 0.4) is 0 Å². The quantitative estimate of drug-likeness (QED) is 0.576. The van der Waals surface area contributed by atoms with Gasteiger partial charge < -0.3 is 10.4 Å². The van der Waals surface area contributed by atoms with E-state index in [4.69, 9.17) is 0 Å². The van der Waals surface area contributed by atoms with Crippen LogP contribution in [0.4, 0.5) is 0 Å². The summed E-state index contributed by atoms with van der Waals surface area (Å²) in [5.41, 5.74) is 0.154. The largest absolute Gasteiger partial charge is 0.390 e. The number of nitrogens with zero attached hydrogens (tertiary/aromatic N) is 1. The van der Waals surface area contributed by atoms with Gasteiger partial charge in [0.2, 0.25) is 0 Å². The lowest BCUT2D eigenvalue weighted by Gasteiger charge is -2.36. The minimum Gasteiger partial charge on any atom is -0.390 e. The summed E-state index contributed by atoms with van der Waals surface area (Å²) in [5.74, 6) is 0. The standard InChI is InChI=1S/C10H22N2O/c1-8-6-12(10(2,3)4)7-9(13)5-11-8/h8-9,11,13H,5-7H2,1-4H3. The zero-order valence-electron chi connectivity index (χ0n) is 9.17. The molecule has 0 aromatic carbocycles. The zero-order valence-corrected chi connectivity index (χ0v) is 9.17. The van der Waals surface area contributed by atoms with Crippen LogP contribution in [-0.2, 0) is 0 Å². The molecule has 0 bridgehead atoms. The number of nitrogens with one attached hydrogen (secondary N) is 1. The van der Waals surface area contributed by atoms with Gasteiger partial charge in [0.15, 0.2) is 0 Å². The number of aliphatic hydroxyl groups is 1. The summed E-state index contributed by atoms with van der Waals surface area (Å²) >= 11 is 0. The summed E-state index contributed by atoms with van der Waals surface area (Å²) in [5, 5.41) is 12.9. The van der Waals surface area contributed by atoms with Crippen LogP contribution in [0.25, 0.3) is 0 Å². The van der Waals surface area contributed by atoms with E-state index in [1.54, 1.807) is 0 Å². The first kappa shape index (κ1) is 11.0. The highest BCUT2D eigenvalue weighted by molar-refractivity contribution is 4.85. The molecule has 0 aromatic rings. The van der Waals surface area contributed by atoms with E-state index in [0.29, 0.717) is 12.6 Å². The van der Waals surface area contributed by atoms with Gasteiger partial charge in [0, 0.05) is 31.2 Å². The van der Waals surface area contributed by atoms with Crippen LogP contribution in [0.2, 0.25) is 0 Å². The van der Waals surface area contributed by atoms with Crippen LogP contribution >= 0.6 is 0 Å². The first-order chi connectivity index (χ1) is 5.89. The van der Waals surface area contributed by atoms with E-state index in [9.17, 15) is 5.11 Å². The van der Waals surface area contributed by atoms with E-state index in [-0.39, 0.29) is 11.6 Å². The Labute approximate surface area is 81.1 Å². The predicted molar refractivity (Wildman–Crippen MR) is 54.8 cm³/mol. The molecular weight excluding hydrogens is 164 g/mol. The molecule has 3 nitrogen and oxygen atoms in total. The molecule has 0 saturated carbocycles. The van der Waals surface area contributed by atoms with Crippen molar-refractivity contribution in [3.05, 3.63) is 0 Å². The van der Waals surface area contributed by atoms with Gasteiger partial charge in [-0.2, -0.15) is 0 Å². The maximum Gasteiger partial charge on any atom is 0.0791 e. The number of hydrogen-bond donors (Lipinski definition) is 2. The summed E-state index contributed by atoms with van der Waals surface area (Å²) in [7, 11) is 0. The number of aliphatic hydroxyl groups excluding tert-OH is 1. The van der Waals surface area contributed by atoms with Crippen LogP contribution in [-0.4, -0.2) is 47.3 Å². The molecule has 78 valence electrons. The Morgan fingerprint density at radius 3 is 2.46 bits per heavy atom. The van der Waals surface area contributed by atoms with E-state index < -0.39 is 0 Å². The molecule has 13 heavy (non-hydrogen) atoms. The molecule has 1 heterocycles. The van der Waals surface area contributed by atoms with Crippen molar-refractivity contribution in [3.8, 4) is 0 Å². The van der Waals surface area contributed by atoms with E-state index in [1.807, 2.05) is 0 Å². The first-order valence-corrected chi connectivity index (χ1v) is 5.06. The Hall–Kier alpha value is -0.120. The Balaban J connectivity index is 2.62. The Kier molecular flexibility index (Phi) is 3.33. The molecule has 3 heteroatoms. The van der Waals surface area contributed by atoms with Crippen molar-refractivity contribution < 1.29 is 5.11 Å².